The Labute approximate surface area is 371 Å². The van der Waals surface area contributed by atoms with Crippen molar-refractivity contribution in [2.75, 3.05) is 4.90 Å². The summed E-state index contributed by atoms with van der Waals surface area (Å²) in [4.78, 5) is 2.51. The summed E-state index contributed by atoms with van der Waals surface area (Å²) in [6.07, 6.45) is 8.15. The van der Waals surface area contributed by atoms with Gasteiger partial charge in [-0.15, -0.1) is 0 Å². The maximum Gasteiger partial charge on any atom is 0.0541 e. The highest BCUT2D eigenvalue weighted by molar-refractivity contribution is 6.09. The Hall–Kier alpha value is -7.16. The zero-order valence-corrected chi connectivity index (χ0v) is 36.7. The van der Waals surface area contributed by atoms with Crippen molar-refractivity contribution in [3.63, 3.8) is 0 Å². The Kier molecular flexibility index (Phi) is 8.16. The van der Waals surface area contributed by atoms with E-state index in [1.54, 1.807) is 0 Å². The number of aromatic nitrogens is 1. The van der Waals surface area contributed by atoms with Crippen LogP contribution in [0, 0.1) is 0 Å². The lowest BCUT2D eigenvalue weighted by molar-refractivity contribution is 0.595. The molecular weight excluding hydrogens is 761 g/mol. The molecule has 1 heterocycles. The Morgan fingerprint density at radius 3 is 1.75 bits per heavy atom. The first-order valence-corrected chi connectivity index (χ1v) is 22.5. The summed E-state index contributed by atoms with van der Waals surface area (Å²) in [5, 5.41) is 2.55. The van der Waals surface area contributed by atoms with Crippen LogP contribution in [0.2, 0.25) is 0 Å². The summed E-state index contributed by atoms with van der Waals surface area (Å²) >= 11 is 0. The van der Waals surface area contributed by atoms with Gasteiger partial charge in [-0.1, -0.05) is 180 Å². The van der Waals surface area contributed by atoms with E-state index in [-0.39, 0.29) is 16.2 Å². The lowest BCUT2D eigenvalue weighted by atomic mass is 9.76. The standard InChI is InChI=1S/C61H50N2/c1-59(2)52-25-12-9-21-47(52)48-31-29-44(38-54(48)59)62(42-33-35-61(5,36-34-42)41-18-7-6-8-19-41)45-30-32-51-55(39-45)60(3,4)53-26-16-24-46(58(51)53)40-17-15-20-43(37-40)63-56-27-13-10-22-49(56)50-23-11-14-28-57(50)63/h6-35,37-39H,36H2,1-5H3. The van der Waals surface area contributed by atoms with Gasteiger partial charge in [-0.05, 0) is 122 Å². The Morgan fingerprint density at radius 1 is 0.460 bits per heavy atom. The highest BCUT2D eigenvalue weighted by Crippen LogP contribution is 2.55. The summed E-state index contributed by atoms with van der Waals surface area (Å²) in [6.45, 7) is 11.9. The molecule has 1 aromatic heterocycles. The van der Waals surface area contributed by atoms with Gasteiger partial charge in [0.25, 0.3) is 0 Å². The first-order valence-electron chi connectivity index (χ1n) is 22.5. The van der Waals surface area contributed by atoms with Crippen LogP contribution < -0.4 is 4.90 Å². The summed E-state index contributed by atoms with van der Waals surface area (Å²) in [7, 11) is 0. The molecule has 2 heteroatoms. The quantitative estimate of drug-likeness (QED) is 0.162. The molecule has 1 atom stereocenters. The van der Waals surface area contributed by atoms with Gasteiger partial charge in [0.1, 0.15) is 0 Å². The van der Waals surface area contributed by atoms with E-state index >= 15 is 0 Å². The zero-order valence-electron chi connectivity index (χ0n) is 36.7. The number of rotatable bonds is 6. The van der Waals surface area contributed by atoms with Crippen LogP contribution in [-0.2, 0) is 16.2 Å². The van der Waals surface area contributed by atoms with Crippen molar-refractivity contribution in [3.05, 3.63) is 234 Å². The number of hydrogen-bond acceptors (Lipinski definition) is 1. The zero-order chi connectivity index (χ0) is 42.7. The number of nitrogens with zero attached hydrogens (tertiary/aromatic N) is 2. The Balaban J connectivity index is 0.989. The fraction of sp³-hybridized carbons (Fsp3) is 0.148. The highest BCUT2D eigenvalue weighted by atomic mass is 15.1. The third kappa shape index (κ3) is 5.57. The van der Waals surface area contributed by atoms with Gasteiger partial charge in [0.2, 0.25) is 0 Å². The second-order valence-electron chi connectivity index (χ2n) is 19.2. The number of allylic oxidation sites excluding steroid dienone is 3. The topological polar surface area (TPSA) is 8.17 Å². The van der Waals surface area contributed by atoms with Gasteiger partial charge in [0.05, 0.1) is 11.0 Å². The number of para-hydroxylation sites is 2. The average molecular weight is 811 g/mol. The molecule has 0 aliphatic heterocycles. The molecule has 8 aromatic carbocycles. The van der Waals surface area contributed by atoms with Crippen LogP contribution >= 0.6 is 0 Å². The van der Waals surface area contributed by atoms with Crippen LogP contribution in [0.25, 0.3) is 60.9 Å². The van der Waals surface area contributed by atoms with E-state index in [1.807, 2.05) is 0 Å². The fourth-order valence-corrected chi connectivity index (χ4v) is 11.4. The van der Waals surface area contributed by atoms with Gasteiger partial charge in [0, 0.05) is 49.8 Å². The fourth-order valence-electron chi connectivity index (χ4n) is 11.4. The molecule has 9 aromatic rings. The number of hydrogen-bond donors (Lipinski definition) is 0. The molecule has 0 fully saturated rings. The van der Waals surface area contributed by atoms with Crippen molar-refractivity contribution in [2.24, 2.45) is 0 Å². The van der Waals surface area contributed by atoms with Gasteiger partial charge in [-0.2, -0.15) is 0 Å². The minimum Gasteiger partial charge on any atom is -0.311 e. The van der Waals surface area contributed by atoms with E-state index in [0.29, 0.717) is 0 Å². The van der Waals surface area contributed by atoms with E-state index < -0.39 is 0 Å². The van der Waals surface area contributed by atoms with Crippen molar-refractivity contribution in [2.45, 2.75) is 57.3 Å². The molecule has 0 radical (unpaired) electrons. The van der Waals surface area contributed by atoms with Gasteiger partial charge in [0.15, 0.2) is 0 Å². The second-order valence-corrected chi connectivity index (χ2v) is 19.2. The van der Waals surface area contributed by atoms with Crippen LogP contribution in [0.15, 0.2) is 206 Å². The highest BCUT2D eigenvalue weighted by Gasteiger charge is 2.39. The van der Waals surface area contributed by atoms with Gasteiger partial charge >= 0.3 is 0 Å². The monoisotopic (exact) mass is 810 g/mol. The molecule has 0 amide bonds. The molecule has 0 N–H and O–H groups in total. The second kappa shape index (κ2) is 13.7. The normalized spacial score (nSPS) is 17.6. The molecule has 0 bridgehead atoms. The van der Waals surface area contributed by atoms with Crippen molar-refractivity contribution >= 4 is 33.2 Å². The molecule has 0 saturated carbocycles. The smallest absolute Gasteiger partial charge is 0.0541 e. The van der Waals surface area contributed by atoms with Gasteiger partial charge < -0.3 is 9.47 Å². The largest absolute Gasteiger partial charge is 0.311 e. The van der Waals surface area contributed by atoms with Crippen LogP contribution in [0.5, 0.6) is 0 Å². The number of fused-ring (bicyclic) bond motifs is 9. The van der Waals surface area contributed by atoms with Gasteiger partial charge in [-0.25, -0.2) is 0 Å². The summed E-state index contributed by atoms with van der Waals surface area (Å²) < 4.78 is 2.42. The molecule has 304 valence electrons. The van der Waals surface area contributed by atoms with Crippen LogP contribution in [-0.4, -0.2) is 4.57 Å². The van der Waals surface area contributed by atoms with Crippen LogP contribution in [0.4, 0.5) is 11.4 Å². The van der Waals surface area contributed by atoms with Crippen molar-refractivity contribution in [3.8, 4) is 39.1 Å². The summed E-state index contributed by atoms with van der Waals surface area (Å²) in [6, 6.07) is 67.9. The van der Waals surface area contributed by atoms with Crippen molar-refractivity contribution in [1.29, 1.82) is 0 Å². The maximum atomic E-state index is 2.51. The SMILES string of the molecule is CC1(c2ccccc2)C=CC(N(c2ccc3c(c2)C(C)(C)c2ccccc2-3)c2ccc3c(c2)C(C)(C)c2cccc(-c4cccc(-n5c6ccccc6c6ccccc65)c4)c2-3)=CC1. The summed E-state index contributed by atoms with van der Waals surface area (Å²) in [5.74, 6) is 0. The molecule has 1 unspecified atom stereocenters. The molecule has 2 nitrogen and oxygen atoms in total. The third-order valence-electron chi connectivity index (χ3n) is 14.8. The van der Waals surface area contributed by atoms with E-state index in [4.69, 9.17) is 0 Å². The maximum absolute atomic E-state index is 2.51. The molecule has 3 aliphatic carbocycles. The average Bonchev–Trinajstić information content (AvgIpc) is 3.87. The number of benzene rings is 8. The van der Waals surface area contributed by atoms with E-state index in [9.17, 15) is 0 Å². The first-order chi connectivity index (χ1) is 30.6. The molecule has 12 rings (SSSR count). The van der Waals surface area contributed by atoms with E-state index in [0.717, 1.165) is 6.42 Å². The summed E-state index contributed by atoms with van der Waals surface area (Å²) in [5.41, 5.74) is 21.5. The third-order valence-corrected chi connectivity index (χ3v) is 14.8. The first kappa shape index (κ1) is 37.6. The molecule has 63 heavy (non-hydrogen) atoms. The Bertz CT molecular complexity index is 3340. The lowest BCUT2D eigenvalue weighted by Gasteiger charge is -2.34. The van der Waals surface area contributed by atoms with E-state index in [2.05, 4.69) is 244 Å². The van der Waals surface area contributed by atoms with Crippen LogP contribution in [0.1, 0.15) is 68.9 Å². The van der Waals surface area contributed by atoms with Crippen LogP contribution in [0.3, 0.4) is 0 Å². The minimum atomic E-state index is -0.211. The molecule has 0 saturated heterocycles. The molecule has 3 aliphatic rings. The van der Waals surface area contributed by atoms with Crippen molar-refractivity contribution < 1.29 is 0 Å². The van der Waals surface area contributed by atoms with Crippen molar-refractivity contribution in [1.82, 2.24) is 4.57 Å². The molecule has 0 spiro atoms. The van der Waals surface area contributed by atoms with E-state index in [1.165, 1.54) is 106 Å². The lowest BCUT2D eigenvalue weighted by Crippen LogP contribution is -2.25. The Morgan fingerprint density at radius 2 is 1.03 bits per heavy atom. The van der Waals surface area contributed by atoms with Gasteiger partial charge in [-0.3, -0.25) is 0 Å². The predicted molar refractivity (Wildman–Crippen MR) is 266 cm³/mol. The molecular formula is C61H50N2. The number of anilines is 2. The predicted octanol–water partition coefficient (Wildman–Crippen LogP) is 16.0. The minimum absolute atomic E-state index is 0.0746.